The Hall–Kier alpha value is -2.01. The van der Waals surface area contributed by atoms with E-state index in [-0.39, 0.29) is 11.3 Å². The number of carbonyl (C=O) groups excluding carboxylic acids is 1. The van der Waals surface area contributed by atoms with E-state index in [1.807, 2.05) is 0 Å². The lowest BCUT2D eigenvalue weighted by molar-refractivity contribution is 0.0943. The van der Waals surface area contributed by atoms with E-state index in [0.29, 0.717) is 23.6 Å². The number of amides is 1. The van der Waals surface area contributed by atoms with Gasteiger partial charge in [0, 0.05) is 22.4 Å². The molecule has 2 aromatic rings. The molecule has 0 bridgehead atoms. The lowest BCUT2D eigenvalue weighted by Gasteiger charge is -2.28. The average Bonchev–Trinajstić information content (AvgIpc) is 3.31. The summed E-state index contributed by atoms with van der Waals surface area (Å²) < 4.78 is 10.5. The van der Waals surface area contributed by atoms with Crippen molar-refractivity contribution in [2.45, 2.75) is 31.1 Å². The molecule has 5 heteroatoms. The number of hydrogen-bond donors (Lipinski definition) is 1. The molecule has 1 aromatic heterocycles. The Morgan fingerprint density at radius 3 is 2.54 bits per heavy atom. The molecule has 1 N–H and O–H groups in total. The number of ether oxygens (including phenoxy) is 2. The Morgan fingerprint density at radius 2 is 1.92 bits per heavy atom. The Balaban J connectivity index is 1.73. The topological polar surface area (TPSA) is 47.6 Å². The SMILES string of the molecule is COc1ccc(C(=O)NCC2(c3cccs3)CCCC2)cc1OC. The van der Waals surface area contributed by atoms with Gasteiger partial charge in [0.15, 0.2) is 11.5 Å². The Bertz CT molecular complexity index is 691. The highest BCUT2D eigenvalue weighted by Crippen LogP contribution is 2.42. The third kappa shape index (κ3) is 3.26. The van der Waals surface area contributed by atoms with Gasteiger partial charge in [-0.15, -0.1) is 11.3 Å². The summed E-state index contributed by atoms with van der Waals surface area (Å²) in [6.07, 6.45) is 4.73. The quantitative estimate of drug-likeness (QED) is 0.860. The predicted octanol–water partition coefficient (Wildman–Crippen LogP) is 4.01. The van der Waals surface area contributed by atoms with E-state index in [0.717, 1.165) is 12.8 Å². The molecule has 1 aromatic carbocycles. The van der Waals surface area contributed by atoms with E-state index in [1.54, 1.807) is 43.8 Å². The third-order valence-corrected chi connectivity index (χ3v) is 5.95. The van der Waals surface area contributed by atoms with Crippen LogP contribution in [0.4, 0.5) is 0 Å². The Labute approximate surface area is 146 Å². The van der Waals surface area contributed by atoms with Crippen LogP contribution in [-0.2, 0) is 5.41 Å². The van der Waals surface area contributed by atoms with Crippen LogP contribution in [-0.4, -0.2) is 26.7 Å². The summed E-state index contributed by atoms with van der Waals surface area (Å²) in [4.78, 5) is 14.0. The van der Waals surface area contributed by atoms with Crippen LogP contribution in [0.1, 0.15) is 40.9 Å². The first-order chi connectivity index (χ1) is 11.7. The number of nitrogens with one attached hydrogen (secondary N) is 1. The first kappa shape index (κ1) is 16.8. The highest BCUT2D eigenvalue weighted by atomic mass is 32.1. The Morgan fingerprint density at radius 1 is 1.17 bits per heavy atom. The molecule has 0 atom stereocenters. The van der Waals surface area contributed by atoms with Crippen molar-refractivity contribution < 1.29 is 14.3 Å². The zero-order chi connectivity index (χ0) is 17.0. The van der Waals surface area contributed by atoms with Crippen molar-refractivity contribution in [3.8, 4) is 11.5 Å². The molecule has 4 nitrogen and oxygen atoms in total. The minimum atomic E-state index is -0.0706. The molecule has 3 rings (SSSR count). The number of rotatable bonds is 6. The molecule has 0 saturated heterocycles. The zero-order valence-corrected chi connectivity index (χ0v) is 14.9. The number of carbonyl (C=O) groups is 1. The standard InChI is InChI=1S/C19H23NO3S/c1-22-15-8-7-14(12-16(15)23-2)18(21)20-13-19(9-3-4-10-19)17-6-5-11-24-17/h5-8,11-12H,3-4,9-10,13H2,1-2H3,(H,20,21). The number of thiophene rings is 1. The highest BCUT2D eigenvalue weighted by Gasteiger charge is 2.36. The maximum atomic E-state index is 12.6. The van der Waals surface area contributed by atoms with Crippen molar-refractivity contribution in [2.24, 2.45) is 0 Å². The summed E-state index contributed by atoms with van der Waals surface area (Å²) in [5.41, 5.74) is 0.687. The van der Waals surface area contributed by atoms with Crippen LogP contribution in [0, 0.1) is 0 Å². The monoisotopic (exact) mass is 345 g/mol. The van der Waals surface area contributed by atoms with Gasteiger partial charge in [-0.3, -0.25) is 4.79 Å². The second-order valence-electron chi connectivity index (χ2n) is 6.22. The first-order valence-corrected chi connectivity index (χ1v) is 9.11. The van der Waals surface area contributed by atoms with Crippen LogP contribution in [0.15, 0.2) is 35.7 Å². The summed E-state index contributed by atoms with van der Waals surface area (Å²) in [5.74, 6) is 1.12. The van der Waals surface area contributed by atoms with Crippen LogP contribution >= 0.6 is 11.3 Å². The van der Waals surface area contributed by atoms with E-state index >= 15 is 0 Å². The van der Waals surface area contributed by atoms with Crippen LogP contribution in [0.3, 0.4) is 0 Å². The van der Waals surface area contributed by atoms with E-state index < -0.39 is 0 Å². The molecule has 0 unspecified atom stereocenters. The van der Waals surface area contributed by atoms with Crippen LogP contribution in [0.2, 0.25) is 0 Å². The van der Waals surface area contributed by atoms with Gasteiger partial charge in [-0.05, 0) is 42.5 Å². The van der Waals surface area contributed by atoms with Gasteiger partial charge >= 0.3 is 0 Å². The van der Waals surface area contributed by atoms with Crippen LogP contribution in [0.25, 0.3) is 0 Å². The van der Waals surface area contributed by atoms with Crippen molar-refractivity contribution in [3.05, 3.63) is 46.2 Å². The molecule has 1 amide bonds. The summed E-state index contributed by atoms with van der Waals surface area (Å²) in [7, 11) is 3.16. The predicted molar refractivity (Wildman–Crippen MR) is 96.3 cm³/mol. The maximum absolute atomic E-state index is 12.6. The average molecular weight is 345 g/mol. The fourth-order valence-electron chi connectivity index (χ4n) is 3.47. The molecule has 0 aliphatic heterocycles. The van der Waals surface area contributed by atoms with Gasteiger partial charge in [-0.2, -0.15) is 0 Å². The van der Waals surface area contributed by atoms with Gasteiger partial charge in [0.25, 0.3) is 5.91 Å². The maximum Gasteiger partial charge on any atom is 0.251 e. The Kier molecular flexibility index (Phi) is 5.09. The van der Waals surface area contributed by atoms with Crippen molar-refractivity contribution in [1.82, 2.24) is 5.32 Å². The highest BCUT2D eigenvalue weighted by molar-refractivity contribution is 7.10. The van der Waals surface area contributed by atoms with E-state index in [1.165, 1.54) is 17.7 Å². The lowest BCUT2D eigenvalue weighted by atomic mass is 9.84. The second-order valence-corrected chi connectivity index (χ2v) is 7.16. The fraction of sp³-hybridized carbons (Fsp3) is 0.421. The minimum absolute atomic E-state index is 0.0706. The molecule has 1 aliphatic carbocycles. The molecule has 24 heavy (non-hydrogen) atoms. The fourth-order valence-corrected chi connectivity index (χ4v) is 4.46. The molecule has 1 fully saturated rings. The summed E-state index contributed by atoms with van der Waals surface area (Å²) in [6, 6.07) is 9.54. The normalized spacial score (nSPS) is 15.9. The van der Waals surface area contributed by atoms with Gasteiger partial charge in [-0.25, -0.2) is 0 Å². The summed E-state index contributed by atoms with van der Waals surface area (Å²) >= 11 is 1.79. The zero-order valence-electron chi connectivity index (χ0n) is 14.1. The van der Waals surface area contributed by atoms with Gasteiger partial charge in [-0.1, -0.05) is 18.9 Å². The molecular formula is C19H23NO3S. The van der Waals surface area contributed by atoms with Gasteiger partial charge in [0.1, 0.15) is 0 Å². The number of benzene rings is 1. The molecule has 0 spiro atoms. The van der Waals surface area contributed by atoms with Crippen molar-refractivity contribution in [3.63, 3.8) is 0 Å². The van der Waals surface area contributed by atoms with Crippen molar-refractivity contribution in [2.75, 3.05) is 20.8 Å². The van der Waals surface area contributed by atoms with Gasteiger partial charge in [0.05, 0.1) is 14.2 Å². The third-order valence-electron chi connectivity index (χ3n) is 4.84. The molecule has 1 aliphatic rings. The number of methoxy groups -OCH3 is 2. The number of hydrogen-bond acceptors (Lipinski definition) is 4. The van der Waals surface area contributed by atoms with Gasteiger partial charge < -0.3 is 14.8 Å². The summed E-state index contributed by atoms with van der Waals surface area (Å²) in [5, 5.41) is 5.25. The van der Waals surface area contributed by atoms with E-state index in [4.69, 9.17) is 9.47 Å². The molecule has 1 heterocycles. The summed E-state index contributed by atoms with van der Waals surface area (Å²) in [6.45, 7) is 0.681. The minimum Gasteiger partial charge on any atom is -0.493 e. The molecular weight excluding hydrogens is 322 g/mol. The van der Waals surface area contributed by atoms with Crippen LogP contribution in [0.5, 0.6) is 11.5 Å². The lowest BCUT2D eigenvalue weighted by Crippen LogP contribution is -2.38. The largest absolute Gasteiger partial charge is 0.493 e. The van der Waals surface area contributed by atoms with E-state index in [2.05, 4.69) is 22.8 Å². The molecule has 128 valence electrons. The molecule has 0 radical (unpaired) electrons. The second kappa shape index (κ2) is 7.26. The van der Waals surface area contributed by atoms with Crippen molar-refractivity contribution >= 4 is 17.2 Å². The van der Waals surface area contributed by atoms with Crippen LogP contribution < -0.4 is 14.8 Å². The smallest absolute Gasteiger partial charge is 0.251 e. The molecule has 1 saturated carbocycles. The van der Waals surface area contributed by atoms with E-state index in [9.17, 15) is 4.79 Å². The van der Waals surface area contributed by atoms with Gasteiger partial charge in [0.2, 0.25) is 0 Å². The van der Waals surface area contributed by atoms with Crippen molar-refractivity contribution in [1.29, 1.82) is 0 Å². The first-order valence-electron chi connectivity index (χ1n) is 8.23.